The number of halogens is 4. The molecule has 2 aromatic heterocycles. The van der Waals surface area contributed by atoms with Crippen LogP contribution in [-0.4, -0.2) is 60.0 Å². The second-order valence-electron chi connectivity index (χ2n) is 8.83. The topological polar surface area (TPSA) is 95.5 Å². The Bertz CT molecular complexity index is 1520. The summed E-state index contributed by atoms with van der Waals surface area (Å²) in [6.45, 7) is 3.94. The lowest BCUT2D eigenvalue weighted by molar-refractivity contribution is -0.137. The third kappa shape index (κ3) is 4.68. The highest BCUT2D eigenvalue weighted by Crippen LogP contribution is 2.42. The van der Waals surface area contributed by atoms with E-state index in [0.717, 1.165) is 23.7 Å². The van der Waals surface area contributed by atoms with Crippen molar-refractivity contribution >= 4 is 38.7 Å². The van der Waals surface area contributed by atoms with Gasteiger partial charge in [-0.3, -0.25) is 9.69 Å². The van der Waals surface area contributed by atoms with E-state index in [1.165, 1.54) is 18.0 Å². The standard InChI is InChI=1S/C23H21F4N5O3S2/c1-3-32-10-12-6-15(24)16(7-13(12)11-32)29-22-28-9-14(23(25,26)27)19(30-22)17-8-18-20(36-17)21(33)31(2)4-5-37(18,34)35/h6-9H,3-5,10-11H2,1-2H3,(H,28,29,30). The molecule has 0 saturated carbocycles. The van der Waals surface area contributed by atoms with Crippen LogP contribution >= 0.6 is 11.3 Å². The number of hydrogen-bond acceptors (Lipinski definition) is 8. The Labute approximate surface area is 213 Å². The number of aromatic nitrogens is 2. The largest absolute Gasteiger partial charge is 0.420 e. The van der Waals surface area contributed by atoms with Crippen LogP contribution in [0, 0.1) is 5.82 Å². The van der Waals surface area contributed by atoms with Crippen LogP contribution in [0.4, 0.5) is 29.2 Å². The number of amides is 1. The van der Waals surface area contributed by atoms with Gasteiger partial charge in [0.1, 0.15) is 16.3 Å². The summed E-state index contributed by atoms with van der Waals surface area (Å²) in [5, 5.41) is 2.66. The summed E-state index contributed by atoms with van der Waals surface area (Å²) in [6.07, 6.45) is -4.31. The lowest BCUT2D eigenvalue weighted by Gasteiger charge is -2.14. The Morgan fingerprint density at radius 3 is 2.54 bits per heavy atom. The minimum absolute atomic E-state index is 0.00348. The average Bonchev–Trinajstić information content (AvgIpc) is 3.44. The first kappa shape index (κ1) is 25.5. The second-order valence-corrected chi connectivity index (χ2v) is 12.0. The minimum Gasteiger partial charge on any atom is -0.340 e. The van der Waals surface area contributed by atoms with E-state index in [1.807, 2.05) is 6.92 Å². The maximum Gasteiger partial charge on any atom is 0.420 e. The number of carbonyl (C=O) groups excluding carboxylic acids is 1. The monoisotopic (exact) mass is 555 g/mol. The molecule has 0 saturated heterocycles. The average molecular weight is 556 g/mol. The van der Waals surface area contributed by atoms with E-state index < -0.39 is 39.0 Å². The van der Waals surface area contributed by atoms with Crippen molar-refractivity contribution in [2.75, 3.05) is 31.2 Å². The van der Waals surface area contributed by atoms with E-state index in [4.69, 9.17) is 0 Å². The first-order valence-electron chi connectivity index (χ1n) is 11.2. The summed E-state index contributed by atoms with van der Waals surface area (Å²) in [5.41, 5.74) is -0.0977. The molecule has 0 spiro atoms. The van der Waals surface area contributed by atoms with Gasteiger partial charge < -0.3 is 10.2 Å². The lowest BCUT2D eigenvalue weighted by atomic mass is 10.1. The Balaban J connectivity index is 1.58. The van der Waals surface area contributed by atoms with Gasteiger partial charge in [0.2, 0.25) is 5.95 Å². The number of alkyl halides is 3. The molecule has 37 heavy (non-hydrogen) atoms. The molecular formula is C23H21F4N5O3S2. The summed E-state index contributed by atoms with van der Waals surface area (Å²) in [6, 6.07) is 4.00. The minimum atomic E-state index is -4.86. The predicted octanol–water partition coefficient (Wildman–Crippen LogP) is 4.30. The number of sulfone groups is 1. The normalized spacial score (nSPS) is 17.5. The number of thiophene rings is 1. The third-order valence-electron chi connectivity index (χ3n) is 6.37. The summed E-state index contributed by atoms with van der Waals surface area (Å²) in [5.74, 6) is -1.87. The SMILES string of the molecule is CCN1Cc2cc(F)c(Nc3ncc(C(F)(F)F)c(-c4cc5c(s4)C(=O)N(C)CCS5(=O)=O)n3)cc2C1. The molecule has 0 aliphatic carbocycles. The number of nitrogens with one attached hydrogen (secondary N) is 1. The summed E-state index contributed by atoms with van der Waals surface area (Å²) < 4.78 is 81.8. The van der Waals surface area contributed by atoms with Crippen molar-refractivity contribution in [3.8, 4) is 10.6 Å². The van der Waals surface area contributed by atoms with Crippen molar-refractivity contribution in [3.05, 3.63) is 51.8 Å². The summed E-state index contributed by atoms with van der Waals surface area (Å²) in [7, 11) is -2.48. The Morgan fingerprint density at radius 1 is 1.16 bits per heavy atom. The van der Waals surface area contributed by atoms with Crippen LogP contribution in [0.5, 0.6) is 0 Å². The zero-order valence-corrected chi connectivity index (χ0v) is 21.3. The first-order valence-corrected chi connectivity index (χ1v) is 13.7. The lowest BCUT2D eigenvalue weighted by Crippen LogP contribution is -2.27. The Hall–Kier alpha value is -3.10. The fraction of sp³-hybridized carbons (Fsp3) is 0.348. The van der Waals surface area contributed by atoms with Crippen LogP contribution in [0.1, 0.15) is 33.3 Å². The zero-order valence-electron chi connectivity index (χ0n) is 19.7. The molecule has 0 bridgehead atoms. The van der Waals surface area contributed by atoms with E-state index in [0.29, 0.717) is 30.6 Å². The number of fused-ring (bicyclic) bond motifs is 2. The van der Waals surface area contributed by atoms with E-state index in [1.54, 1.807) is 6.07 Å². The third-order valence-corrected chi connectivity index (χ3v) is 9.34. The molecule has 0 fully saturated rings. The van der Waals surface area contributed by atoms with Gasteiger partial charge in [-0.1, -0.05) is 6.92 Å². The van der Waals surface area contributed by atoms with Crippen molar-refractivity contribution in [2.45, 2.75) is 31.1 Å². The van der Waals surface area contributed by atoms with Crippen LogP contribution in [0.3, 0.4) is 0 Å². The maximum atomic E-state index is 14.8. The molecular weight excluding hydrogens is 534 g/mol. The molecule has 196 valence electrons. The quantitative estimate of drug-likeness (QED) is 0.480. The van der Waals surface area contributed by atoms with Gasteiger partial charge in [0.25, 0.3) is 5.91 Å². The van der Waals surface area contributed by atoms with Crippen LogP contribution in [0.15, 0.2) is 29.3 Å². The number of carbonyl (C=O) groups is 1. The highest BCUT2D eigenvalue weighted by molar-refractivity contribution is 7.91. The van der Waals surface area contributed by atoms with E-state index >= 15 is 0 Å². The van der Waals surface area contributed by atoms with Crippen molar-refractivity contribution < 1.29 is 30.8 Å². The van der Waals surface area contributed by atoms with Gasteiger partial charge in [-0.05, 0) is 35.9 Å². The molecule has 8 nitrogen and oxygen atoms in total. The van der Waals surface area contributed by atoms with Crippen molar-refractivity contribution in [1.82, 2.24) is 19.8 Å². The molecule has 0 atom stereocenters. The van der Waals surface area contributed by atoms with Crippen molar-refractivity contribution in [1.29, 1.82) is 0 Å². The molecule has 1 aromatic carbocycles. The Kier molecular flexibility index (Phi) is 6.23. The molecule has 14 heteroatoms. The molecule has 1 N–H and O–H groups in total. The zero-order chi connectivity index (χ0) is 26.7. The number of benzene rings is 1. The van der Waals surface area contributed by atoms with Crippen LogP contribution in [0.25, 0.3) is 10.6 Å². The maximum absolute atomic E-state index is 14.8. The highest BCUT2D eigenvalue weighted by atomic mass is 32.2. The molecule has 5 rings (SSSR count). The molecule has 1 amide bonds. The van der Waals surface area contributed by atoms with E-state index in [9.17, 15) is 30.8 Å². The number of nitrogens with zero attached hydrogens (tertiary/aromatic N) is 4. The number of anilines is 2. The first-order chi connectivity index (χ1) is 17.4. The van der Waals surface area contributed by atoms with Crippen LogP contribution < -0.4 is 5.32 Å². The van der Waals surface area contributed by atoms with Crippen LogP contribution in [0.2, 0.25) is 0 Å². The van der Waals surface area contributed by atoms with Gasteiger partial charge in [0.05, 0.1) is 26.9 Å². The fourth-order valence-electron chi connectivity index (χ4n) is 4.28. The van der Waals surface area contributed by atoms with E-state index in [2.05, 4.69) is 20.2 Å². The van der Waals surface area contributed by atoms with Crippen molar-refractivity contribution in [3.63, 3.8) is 0 Å². The highest BCUT2D eigenvalue weighted by Gasteiger charge is 2.38. The summed E-state index contributed by atoms with van der Waals surface area (Å²) >= 11 is 0.615. The van der Waals surface area contributed by atoms with Gasteiger partial charge in [0, 0.05) is 32.9 Å². The fourth-order valence-corrected chi connectivity index (χ4v) is 7.32. The van der Waals surface area contributed by atoms with Gasteiger partial charge in [-0.25, -0.2) is 22.8 Å². The number of hydrogen-bond donors (Lipinski definition) is 1. The smallest absolute Gasteiger partial charge is 0.340 e. The van der Waals surface area contributed by atoms with Gasteiger partial charge in [0.15, 0.2) is 9.84 Å². The molecule has 4 heterocycles. The Morgan fingerprint density at radius 2 is 1.86 bits per heavy atom. The second kappa shape index (κ2) is 9.03. The van der Waals surface area contributed by atoms with Crippen LogP contribution in [-0.2, 0) is 29.1 Å². The van der Waals surface area contributed by atoms with Gasteiger partial charge >= 0.3 is 6.18 Å². The predicted molar refractivity (Wildman–Crippen MR) is 129 cm³/mol. The molecule has 2 aliphatic rings. The summed E-state index contributed by atoms with van der Waals surface area (Å²) in [4.78, 5) is 23.1. The van der Waals surface area contributed by atoms with Gasteiger partial charge in [-0.2, -0.15) is 13.2 Å². The van der Waals surface area contributed by atoms with E-state index in [-0.39, 0.29) is 38.6 Å². The molecule has 2 aliphatic heterocycles. The molecule has 3 aromatic rings. The molecule has 0 unspecified atom stereocenters. The van der Waals surface area contributed by atoms with Crippen molar-refractivity contribution in [2.24, 2.45) is 0 Å². The molecule has 0 radical (unpaired) electrons. The number of rotatable bonds is 4. The van der Waals surface area contributed by atoms with Gasteiger partial charge in [-0.15, -0.1) is 11.3 Å².